The van der Waals surface area contributed by atoms with Crippen LogP contribution in [0, 0.1) is 0 Å². The molecule has 0 radical (unpaired) electrons. The molecule has 0 spiro atoms. The van der Waals surface area contributed by atoms with E-state index in [0.717, 1.165) is 24.4 Å². The first kappa shape index (κ1) is 11.2. The summed E-state index contributed by atoms with van der Waals surface area (Å²) in [5, 5.41) is 0. The molecule has 1 unspecified atom stereocenters. The van der Waals surface area contributed by atoms with Gasteiger partial charge in [-0.15, -0.1) is 0 Å². The maximum Gasteiger partial charge on any atom is 0.108 e. The molecular formula is C9H14N6S. The number of hydrogen-bond donors (Lipinski definition) is 2. The summed E-state index contributed by atoms with van der Waals surface area (Å²) < 4.78 is 10.1. The van der Waals surface area contributed by atoms with Crippen LogP contribution >= 0.6 is 11.7 Å². The molecule has 2 rings (SSSR count). The minimum atomic E-state index is 0.0375. The lowest BCUT2D eigenvalue weighted by Crippen LogP contribution is -2.28. The van der Waals surface area contributed by atoms with Crippen LogP contribution in [0.5, 0.6) is 0 Å². The van der Waals surface area contributed by atoms with Gasteiger partial charge in [0.2, 0.25) is 0 Å². The maximum atomic E-state index is 5.50. The number of aromatic nitrogens is 4. The largest absolute Gasteiger partial charge is 0.338 e. The van der Waals surface area contributed by atoms with Crippen LogP contribution in [0.15, 0.2) is 18.6 Å². The summed E-state index contributed by atoms with van der Waals surface area (Å²) in [7, 11) is 1.98. The number of nitrogens with zero attached hydrogens (tertiary/aromatic N) is 4. The summed E-state index contributed by atoms with van der Waals surface area (Å²) in [6.45, 7) is 0. The third-order valence-corrected chi connectivity index (χ3v) is 3.01. The molecule has 0 saturated heterocycles. The quantitative estimate of drug-likeness (QED) is 0.582. The van der Waals surface area contributed by atoms with E-state index >= 15 is 0 Å². The van der Waals surface area contributed by atoms with Crippen molar-refractivity contribution in [3.8, 4) is 0 Å². The monoisotopic (exact) mass is 238 g/mol. The number of aryl methyl sites for hydroxylation is 2. The lowest BCUT2D eigenvalue weighted by Gasteiger charge is -2.12. The first-order chi connectivity index (χ1) is 7.81. The second kappa shape index (κ2) is 5.15. The fourth-order valence-corrected chi connectivity index (χ4v) is 2.02. The second-order valence-corrected chi connectivity index (χ2v) is 4.10. The first-order valence-electron chi connectivity index (χ1n) is 5.01. The molecule has 16 heavy (non-hydrogen) atoms. The van der Waals surface area contributed by atoms with E-state index in [4.69, 9.17) is 5.84 Å². The number of rotatable bonds is 5. The minimum absolute atomic E-state index is 0.0375. The maximum absolute atomic E-state index is 5.50. The molecule has 1 atom stereocenters. The van der Waals surface area contributed by atoms with Crippen LogP contribution in [0.25, 0.3) is 0 Å². The van der Waals surface area contributed by atoms with Crippen LogP contribution in [-0.4, -0.2) is 18.3 Å². The summed E-state index contributed by atoms with van der Waals surface area (Å²) in [4.78, 5) is 4.26. The fourth-order valence-electron chi connectivity index (χ4n) is 1.55. The molecular weight excluding hydrogens is 224 g/mol. The highest BCUT2D eigenvalue weighted by atomic mass is 32.1. The molecule has 0 aliphatic carbocycles. The van der Waals surface area contributed by atoms with Gasteiger partial charge in [-0.25, -0.2) is 4.98 Å². The van der Waals surface area contributed by atoms with E-state index in [1.54, 1.807) is 12.4 Å². The van der Waals surface area contributed by atoms with Gasteiger partial charge in [0, 0.05) is 25.9 Å². The topological polar surface area (TPSA) is 81.7 Å². The Kier molecular flexibility index (Phi) is 3.60. The van der Waals surface area contributed by atoms with Gasteiger partial charge in [-0.3, -0.25) is 11.3 Å². The average Bonchev–Trinajstić information content (AvgIpc) is 2.92. The summed E-state index contributed by atoms with van der Waals surface area (Å²) in [5.41, 5.74) is 3.64. The fraction of sp³-hybridized carbons (Fsp3) is 0.444. The molecule has 2 aromatic heterocycles. The summed E-state index contributed by atoms with van der Waals surface area (Å²) in [5.74, 6) is 6.55. The Morgan fingerprint density at radius 1 is 1.62 bits per heavy atom. The number of nitrogens with one attached hydrogen (secondary N) is 1. The molecule has 0 amide bonds. The van der Waals surface area contributed by atoms with Crippen molar-refractivity contribution in [2.24, 2.45) is 12.9 Å². The van der Waals surface area contributed by atoms with E-state index in [1.165, 1.54) is 11.7 Å². The van der Waals surface area contributed by atoms with Crippen molar-refractivity contribution in [3.05, 3.63) is 30.1 Å². The number of imidazole rings is 1. The van der Waals surface area contributed by atoms with Gasteiger partial charge in [0.1, 0.15) is 5.82 Å². The van der Waals surface area contributed by atoms with E-state index in [-0.39, 0.29) is 6.04 Å². The molecule has 0 aliphatic rings. The average molecular weight is 238 g/mol. The predicted molar refractivity (Wildman–Crippen MR) is 61.5 cm³/mol. The van der Waals surface area contributed by atoms with Crippen LogP contribution in [0.4, 0.5) is 0 Å². The van der Waals surface area contributed by atoms with Crippen molar-refractivity contribution in [2.45, 2.75) is 18.9 Å². The van der Waals surface area contributed by atoms with E-state index in [2.05, 4.69) is 19.2 Å². The minimum Gasteiger partial charge on any atom is -0.338 e. The molecule has 2 aromatic rings. The highest BCUT2D eigenvalue weighted by Gasteiger charge is 2.13. The van der Waals surface area contributed by atoms with E-state index in [0.29, 0.717) is 0 Å². The van der Waals surface area contributed by atoms with Crippen molar-refractivity contribution in [2.75, 3.05) is 0 Å². The van der Waals surface area contributed by atoms with Gasteiger partial charge >= 0.3 is 0 Å². The van der Waals surface area contributed by atoms with Crippen LogP contribution in [0.3, 0.4) is 0 Å². The smallest absolute Gasteiger partial charge is 0.108 e. The van der Waals surface area contributed by atoms with Crippen LogP contribution in [0.2, 0.25) is 0 Å². The third kappa shape index (κ3) is 2.43. The van der Waals surface area contributed by atoms with Crippen molar-refractivity contribution in [1.29, 1.82) is 0 Å². The first-order valence-corrected chi connectivity index (χ1v) is 5.74. The Bertz CT molecular complexity index is 423. The van der Waals surface area contributed by atoms with Crippen LogP contribution in [-0.2, 0) is 13.5 Å². The predicted octanol–water partition coefficient (Wildman–Crippen LogP) is 0.409. The Morgan fingerprint density at radius 3 is 3.06 bits per heavy atom. The van der Waals surface area contributed by atoms with E-state index in [1.807, 2.05) is 17.8 Å². The van der Waals surface area contributed by atoms with Gasteiger partial charge in [-0.1, -0.05) is 0 Å². The molecule has 0 aromatic carbocycles. The lowest BCUT2D eigenvalue weighted by molar-refractivity contribution is 0.498. The molecule has 2 heterocycles. The van der Waals surface area contributed by atoms with E-state index < -0.39 is 0 Å². The molecule has 0 aliphatic heterocycles. The van der Waals surface area contributed by atoms with E-state index in [9.17, 15) is 0 Å². The normalized spacial score (nSPS) is 12.9. The van der Waals surface area contributed by atoms with Crippen LogP contribution < -0.4 is 11.3 Å². The Labute approximate surface area is 97.8 Å². The van der Waals surface area contributed by atoms with Crippen LogP contribution in [0.1, 0.15) is 24.0 Å². The van der Waals surface area contributed by atoms with Crippen molar-refractivity contribution in [1.82, 2.24) is 23.7 Å². The van der Waals surface area contributed by atoms with Crippen molar-refractivity contribution in [3.63, 3.8) is 0 Å². The van der Waals surface area contributed by atoms with Gasteiger partial charge in [0.05, 0.1) is 29.7 Å². The summed E-state index contributed by atoms with van der Waals surface area (Å²) in [6, 6.07) is 0.0375. The molecule has 0 fully saturated rings. The van der Waals surface area contributed by atoms with Gasteiger partial charge in [-0.2, -0.15) is 8.75 Å². The lowest BCUT2D eigenvalue weighted by atomic mass is 10.1. The zero-order valence-corrected chi connectivity index (χ0v) is 9.81. The zero-order chi connectivity index (χ0) is 11.4. The van der Waals surface area contributed by atoms with Gasteiger partial charge < -0.3 is 4.57 Å². The molecule has 0 bridgehead atoms. The molecule has 0 saturated carbocycles. The highest BCUT2D eigenvalue weighted by molar-refractivity contribution is 6.99. The number of nitrogens with two attached hydrogens (primary N) is 1. The Morgan fingerprint density at radius 2 is 2.50 bits per heavy atom. The number of hydrazine groups is 1. The molecule has 6 nitrogen and oxygen atoms in total. The highest BCUT2D eigenvalue weighted by Crippen LogP contribution is 2.15. The molecule has 7 heteroatoms. The third-order valence-electron chi connectivity index (χ3n) is 2.51. The summed E-state index contributed by atoms with van der Waals surface area (Å²) in [6.07, 6.45) is 7.19. The van der Waals surface area contributed by atoms with Gasteiger partial charge in [0.15, 0.2) is 0 Å². The van der Waals surface area contributed by atoms with Gasteiger partial charge in [0.25, 0.3) is 0 Å². The second-order valence-electron chi connectivity index (χ2n) is 3.54. The molecule has 3 N–H and O–H groups in total. The number of hydrogen-bond acceptors (Lipinski definition) is 6. The Balaban J connectivity index is 1.96. The Hall–Kier alpha value is -1.31. The van der Waals surface area contributed by atoms with Crippen molar-refractivity contribution >= 4 is 11.7 Å². The standard InChI is InChI=1S/C9H14N6S/c1-15-5-4-11-9(15)3-2-7(13-10)8-6-12-16-14-8/h4-7,13H,2-3,10H2,1H3. The zero-order valence-electron chi connectivity index (χ0n) is 9.00. The van der Waals surface area contributed by atoms with Gasteiger partial charge in [-0.05, 0) is 6.42 Å². The van der Waals surface area contributed by atoms with Crippen molar-refractivity contribution < 1.29 is 0 Å². The molecule has 86 valence electrons. The summed E-state index contributed by atoms with van der Waals surface area (Å²) >= 11 is 1.19. The SMILES string of the molecule is Cn1ccnc1CCC(NN)c1cnsn1.